The zero-order valence-electron chi connectivity index (χ0n) is 18.4. The van der Waals surface area contributed by atoms with Gasteiger partial charge in [-0.3, -0.25) is 9.48 Å². The topological polar surface area (TPSA) is 82.0 Å². The molecule has 2 fully saturated rings. The van der Waals surface area contributed by atoms with Gasteiger partial charge < -0.3 is 14.7 Å². The average Bonchev–Trinajstić information content (AvgIpc) is 3.05. The Morgan fingerprint density at radius 2 is 1.69 bits per heavy atom. The summed E-state index contributed by atoms with van der Waals surface area (Å²) in [4.78, 5) is 19.2. The molecule has 2 aliphatic rings. The van der Waals surface area contributed by atoms with Crippen LogP contribution in [0, 0.1) is 0 Å². The molecule has 0 radical (unpaired) electrons. The fourth-order valence-corrected chi connectivity index (χ4v) is 6.02. The molecule has 1 amide bonds. The van der Waals surface area contributed by atoms with Crippen LogP contribution in [0.4, 0.5) is 5.69 Å². The molecule has 0 bridgehead atoms. The van der Waals surface area contributed by atoms with Gasteiger partial charge in [0, 0.05) is 59.1 Å². The van der Waals surface area contributed by atoms with Gasteiger partial charge in [-0.05, 0) is 32.1 Å². The number of hydrogen-bond donors (Lipinski definition) is 0. The van der Waals surface area contributed by atoms with Gasteiger partial charge in [-0.25, -0.2) is 8.42 Å². The largest absolute Gasteiger partial charge is 0.368 e. The summed E-state index contributed by atoms with van der Waals surface area (Å²) in [5.74, 6) is -0.276. The minimum absolute atomic E-state index is 0.144. The predicted molar refractivity (Wildman–Crippen MR) is 124 cm³/mol. The molecule has 0 saturated carbocycles. The third-order valence-corrected chi connectivity index (χ3v) is 8.20. The van der Waals surface area contributed by atoms with E-state index in [1.54, 1.807) is 11.9 Å². The maximum atomic E-state index is 13.5. The van der Waals surface area contributed by atoms with Crippen molar-refractivity contribution in [3.63, 3.8) is 0 Å². The van der Waals surface area contributed by atoms with Crippen molar-refractivity contribution in [2.45, 2.75) is 11.4 Å². The Hall–Kier alpha value is -2.14. The maximum Gasteiger partial charge on any atom is 0.263 e. The molecule has 4 rings (SSSR count). The maximum absolute atomic E-state index is 13.5. The van der Waals surface area contributed by atoms with Crippen LogP contribution in [0.2, 0.25) is 5.02 Å². The Kier molecular flexibility index (Phi) is 6.75. The lowest BCUT2D eigenvalue weighted by molar-refractivity contribution is 0.0758. The summed E-state index contributed by atoms with van der Waals surface area (Å²) in [7, 11) is -0.243. The van der Waals surface area contributed by atoms with Crippen LogP contribution >= 0.6 is 11.6 Å². The van der Waals surface area contributed by atoms with Crippen LogP contribution in [0.1, 0.15) is 16.8 Å². The van der Waals surface area contributed by atoms with E-state index in [2.05, 4.69) is 14.9 Å². The molecule has 3 heterocycles. The third-order valence-electron chi connectivity index (χ3n) is 6.05. The second-order valence-electron chi connectivity index (χ2n) is 8.31. The number of para-hydroxylation sites is 1. The van der Waals surface area contributed by atoms with E-state index in [1.165, 1.54) is 15.2 Å². The van der Waals surface area contributed by atoms with Gasteiger partial charge in [0.1, 0.15) is 0 Å². The van der Waals surface area contributed by atoms with E-state index in [4.69, 9.17) is 11.6 Å². The monoisotopic (exact) mass is 480 g/mol. The van der Waals surface area contributed by atoms with Crippen molar-refractivity contribution in [2.24, 2.45) is 7.05 Å². The first kappa shape index (κ1) is 23.0. The number of hydrogen-bond acceptors (Lipinski definition) is 6. The van der Waals surface area contributed by atoms with Gasteiger partial charge in [-0.2, -0.15) is 9.40 Å². The smallest absolute Gasteiger partial charge is 0.263 e. The van der Waals surface area contributed by atoms with Crippen LogP contribution in [0.3, 0.4) is 0 Å². The molecular weight excluding hydrogens is 452 g/mol. The van der Waals surface area contributed by atoms with Gasteiger partial charge >= 0.3 is 0 Å². The minimum atomic E-state index is -3.91. The van der Waals surface area contributed by atoms with E-state index in [1.807, 2.05) is 31.3 Å². The van der Waals surface area contributed by atoms with E-state index in [0.29, 0.717) is 44.3 Å². The quantitative estimate of drug-likeness (QED) is 0.657. The molecule has 1 aromatic heterocycles. The van der Waals surface area contributed by atoms with Crippen molar-refractivity contribution in [1.82, 2.24) is 23.9 Å². The van der Waals surface area contributed by atoms with Crippen LogP contribution < -0.4 is 4.90 Å². The van der Waals surface area contributed by atoms with E-state index in [9.17, 15) is 13.2 Å². The summed E-state index contributed by atoms with van der Waals surface area (Å²) in [6, 6.07) is 7.54. The number of sulfonamides is 1. The van der Waals surface area contributed by atoms with Crippen molar-refractivity contribution >= 4 is 33.2 Å². The number of amides is 1. The molecular formula is C21H29ClN6O3S. The molecule has 2 aliphatic heterocycles. The SMILES string of the molecule is CN1CCCN(C(=O)c2cn(C)nc2S(=O)(=O)N2CCN(c3ccccc3Cl)CC2)CC1. The molecule has 9 nitrogen and oxygen atoms in total. The molecule has 174 valence electrons. The molecule has 32 heavy (non-hydrogen) atoms. The van der Waals surface area contributed by atoms with Crippen LogP contribution in [0.15, 0.2) is 35.5 Å². The molecule has 11 heteroatoms. The van der Waals surface area contributed by atoms with E-state index in [-0.39, 0.29) is 16.5 Å². The van der Waals surface area contributed by atoms with Gasteiger partial charge in [-0.1, -0.05) is 23.7 Å². The standard InChI is InChI=1S/C21H29ClN6O3S/c1-24-8-5-9-27(11-10-24)21(29)17-16-25(2)23-20(17)32(30,31)28-14-12-26(13-15-28)19-7-4-3-6-18(19)22/h3-4,6-7,16H,5,8-15H2,1-2H3. The van der Waals surface area contributed by atoms with Gasteiger partial charge in [0.2, 0.25) is 5.03 Å². The predicted octanol–water partition coefficient (Wildman–Crippen LogP) is 1.36. The Morgan fingerprint density at radius 3 is 2.41 bits per heavy atom. The number of nitrogens with zero attached hydrogens (tertiary/aromatic N) is 6. The van der Waals surface area contributed by atoms with E-state index in [0.717, 1.165) is 25.2 Å². The number of carbonyl (C=O) groups excluding carboxylic acids is 1. The minimum Gasteiger partial charge on any atom is -0.368 e. The summed E-state index contributed by atoms with van der Waals surface area (Å²) < 4.78 is 29.7. The van der Waals surface area contributed by atoms with Gasteiger partial charge in [-0.15, -0.1) is 0 Å². The highest BCUT2D eigenvalue weighted by atomic mass is 35.5. The number of likely N-dealkylation sites (N-methyl/N-ethyl adjacent to an activating group) is 1. The lowest BCUT2D eigenvalue weighted by Crippen LogP contribution is -2.49. The van der Waals surface area contributed by atoms with Crippen molar-refractivity contribution in [2.75, 3.05) is 64.3 Å². The molecule has 2 saturated heterocycles. The number of piperazine rings is 1. The molecule has 2 aromatic rings. The summed E-state index contributed by atoms with van der Waals surface area (Å²) >= 11 is 6.30. The van der Waals surface area contributed by atoms with Crippen LogP contribution in [0.25, 0.3) is 0 Å². The van der Waals surface area contributed by atoms with E-state index < -0.39 is 10.0 Å². The lowest BCUT2D eigenvalue weighted by Gasteiger charge is -2.35. The Labute approximate surface area is 194 Å². The highest BCUT2D eigenvalue weighted by molar-refractivity contribution is 7.89. The van der Waals surface area contributed by atoms with Crippen molar-refractivity contribution in [3.8, 4) is 0 Å². The number of benzene rings is 1. The average molecular weight is 481 g/mol. The van der Waals surface area contributed by atoms with Crippen molar-refractivity contribution < 1.29 is 13.2 Å². The number of halogens is 1. The number of rotatable bonds is 4. The number of carbonyl (C=O) groups is 1. The summed E-state index contributed by atoms with van der Waals surface area (Å²) in [5.41, 5.74) is 1.04. The molecule has 0 aliphatic carbocycles. The van der Waals surface area contributed by atoms with Crippen molar-refractivity contribution in [1.29, 1.82) is 0 Å². The summed E-state index contributed by atoms with van der Waals surface area (Å²) in [6.07, 6.45) is 2.37. The van der Waals surface area contributed by atoms with Crippen molar-refractivity contribution in [3.05, 3.63) is 41.0 Å². The normalized spacial score (nSPS) is 19.2. The van der Waals surface area contributed by atoms with Crippen LogP contribution in [-0.2, 0) is 17.1 Å². The second kappa shape index (κ2) is 9.38. The van der Waals surface area contributed by atoms with Gasteiger partial charge in [0.15, 0.2) is 0 Å². The third kappa shape index (κ3) is 4.63. The fourth-order valence-electron chi connectivity index (χ4n) is 4.23. The number of aryl methyl sites for hydroxylation is 1. The second-order valence-corrected chi connectivity index (χ2v) is 10.6. The highest BCUT2D eigenvalue weighted by Gasteiger charge is 2.36. The fraction of sp³-hybridized carbons (Fsp3) is 0.524. The molecule has 0 atom stereocenters. The molecule has 1 aromatic carbocycles. The Morgan fingerprint density at radius 1 is 0.969 bits per heavy atom. The molecule has 0 spiro atoms. The first-order chi connectivity index (χ1) is 15.3. The Bertz CT molecular complexity index is 1080. The lowest BCUT2D eigenvalue weighted by atomic mass is 10.2. The molecule has 0 N–H and O–H groups in total. The molecule has 0 unspecified atom stereocenters. The first-order valence-corrected chi connectivity index (χ1v) is 12.6. The Balaban J connectivity index is 1.52. The zero-order valence-corrected chi connectivity index (χ0v) is 20.0. The summed E-state index contributed by atoms with van der Waals surface area (Å²) in [6.45, 7) is 4.47. The zero-order chi connectivity index (χ0) is 22.9. The van der Waals surface area contributed by atoms with Gasteiger partial charge in [0.25, 0.3) is 15.9 Å². The van der Waals surface area contributed by atoms with Crippen LogP contribution in [-0.4, -0.2) is 97.6 Å². The van der Waals surface area contributed by atoms with Gasteiger partial charge in [0.05, 0.1) is 16.3 Å². The van der Waals surface area contributed by atoms with E-state index >= 15 is 0 Å². The number of aromatic nitrogens is 2. The highest BCUT2D eigenvalue weighted by Crippen LogP contribution is 2.28. The first-order valence-electron chi connectivity index (χ1n) is 10.8. The summed E-state index contributed by atoms with van der Waals surface area (Å²) in [5, 5.41) is 4.68. The number of anilines is 1. The van der Waals surface area contributed by atoms with Crippen LogP contribution in [0.5, 0.6) is 0 Å².